The van der Waals surface area contributed by atoms with Crippen molar-refractivity contribution < 1.29 is 8.42 Å². The maximum Gasteiger partial charge on any atom is 0.143 e. The second kappa shape index (κ2) is 3.59. The van der Waals surface area contributed by atoms with Crippen LogP contribution >= 0.6 is 0 Å². The van der Waals surface area contributed by atoms with Crippen molar-refractivity contribution in [1.29, 1.82) is 0 Å². The lowest BCUT2D eigenvalue weighted by Gasteiger charge is -2.21. The Balaban J connectivity index is 2.51. The summed E-state index contributed by atoms with van der Waals surface area (Å²) in [6.07, 6.45) is 0. The summed E-state index contributed by atoms with van der Waals surface area (Å²) in [5.74, 6) is 1.11. The molecule has 0 bridgehead atoms. The van der Waals surface area contributed by atoms with Crippen molar-refractivity contribution in [2.45, 2.75) is 11.0 Å². The number of hydrogen-bond acceptors (Lipinski definition) is 2. The van der Waals surface area contributed by atoms with Gasteiger partial charge in [0.1, 0.15) is 4.08 Å². The third-order valence-corrected chi connectivity index (χ3v) is 7.35. The van der Waals surface area contributed by atoms with E-state index in [1.165, 1.54) is 0 Å². The first-order chi connectivity index (χ1) is 6.65. The molecule has 3 atom stereocenters. The van der Waals surface area contributed by atoms with Crippen LogP contribution in [-0.4, -0.2) is 19.9 Å². The van der Waals surface area contributed by atoms with Gasteiger partial charge in [-0.15, -0.1) is 0 Å². The average Bonchev–Trinajstić information content (AvgIpc) is 2.49. The molecule has 1 fully saturated rings. The second-order valence-electron chi connectivity index (χ2n) is 3.41. The Kier molecular flexibility index (Phi) is 2.58. The highest BCUT2D eigenvalue weighted by Crippen LogP contribution is 2.36. The summed E-state index contributed by atoms with van der Waals surface area (Å²) in [4.78, 5) is 0. The third kappa shape index (κ3) is 1.37. The molecule has 1 aliphatic rings. The summed E-state index contributed by atoms with van der Waals surface area (Å²) in [6.45, 7) is 1.83. The van der Waals surface area contributed by atoms with E-state index in [0.29, 0.717) is 11.5 Å². The molecule has 4 heteroatoms. The number of benzene rings is 1. The van der Waals surface area contributed by atoms with E-state index in [0.717, 1.165) is 5.56 Å². The van der Waals surface area contributed by atoms with Gasteiger partial charge in [0, 0.05) is 33.1 Å². The molecule has 1 aromatic rings. The van der Waals surface area contributed by atoms with Crippen LogP contribution in [0.3, 0.4) is 0 Å². The summed E-state index contributed by atoms with van der Waals surface area (Å²) < 4.78 is 23.0. The lowest BCUT2D eigenvalue weighted by molar-refractivity contribution is 0.661. The molecular formula is C10H12O2S2. The van der Waals surface area contributed by atoms with Crippen LogP contribution in [0.25, 0.3) is 0 Å². The summed E-state index contributed by atoms with van der Waals surface area (Å²) in [6, 6.07) is 9.51. The molecular weight excluding hydrogens is 216 g/mol. The third-order valence-electron chi connectivity index (χ3n) is 2.62. The zero-order valence-electron chi connectivity index (χ0n) is 7.93. The van der Waals surface area contributed by atoms with Gasteiger partial charge in [0.25, 0.3) is 0 Å². The van der Waals surface area contributed by atoms with Crippen LogP contribution in [-0.2, 0) is 25.7 Å². The van der Waals surface area contributed by atoms with Gasteiger partial charge in [0.15, 0.2) is 0 Å². The lowest BCUT2D eigenvalue weighted by atomic mass is 10.2. The molecule has 1 heterocycles. The molecule has 2 rings (SSSR count). The minimum atomic E-state index is -1.01. The van der Waals surface area contributed by atoms with Gasteiger partial charge in [0.05, 0.1) is 0 Å². The van der Waals surface area contributed by atoms with Gasteiger partial charge >= 0.3 is 0 Å². The predicted molar refractivity (Wildman–Crippen MR) is 59.8 cm³/mol. The fraction of sp³-hybridized carbons (Fsp3) is 0.400. The van der Waals surface area contributed by atoms with Crippen molar-refractivity contribution in [2.75, 3.05) is 11.5 Å². The molecule has 0 aliphatic carbocycles. The normalized spacial score (nSPS) is 37.2. The molecule has 0 saturated carbocycles. The van der Waals surface area contributed by atoms with Crippen LogP contribution < -0.4 is 0 Å². The number of rotatable bonds is 1. The van der Waals surface area contributed by atoms with Crippen LogP contribution in [0.4, 0.5) is 0 Å². The first-order valence-corrected chi connectivity index (χ1v) is 7.12. The minimum Gasteiger partial charge on any atom is -0.258 e. The molecule has 1 aliphatic heterocycles. The molecule has 2 nitrogen and oxygen atoms in total. The average molecular weight is 228 g/mol. The molecule has 0 spiro atoms. The van der Waals surface area contributed by atoms with Gasteiger partial charge in [-0.2, -0.15) is 0 Å². The molecule has 1 aromatic carbocycles. The van der Waals surface area contributed by atoms with Gasteiger partial charge < -0.3 is 0 Å². The Labute approximate surface area is 88.6 Å². The summed E-state index contributed by atoms with van der Waals surface area (Å²) in [5, 5.41) is 0. The van der Waals surface area contributed by atoms with Crippen molar-refractivity contribution in [3.05, 3.63) is 35.9 Å². The van der Waals surface area contributed by atoms with E-state index < -0.39 is 25.7 Å². The molecule has 14 heavy (non-hydrogen) atoms. The van der Waals surface area contributed by atoms with Gasteiger partial charge in [-0.05, 0) is 12.5 Å². The van der Waals surface area contributed by atoms with Gasteiger partial charge in [0.2, 0.25) is 0 Å². The first-order valence-electron chi connectivity index (χ1n) is 4.48. The van der Waals surface area contributed by atoms with Crippen LogP contribution in [0, 0.1) is 0 Å². The highest BCUT2D eigenvalue weighted by Gasteiger charge is 2.44. The van der Waals surface area contributed by atoms with Crippen LogP contribution in [0.5, 0.6) is 0 Å². The Morgan fingerprint density at radius 1 is 1.07 bits per heavy atom. The van der Waals surface area contributed by atoms with E-state index in [4.69, 9.17) is 0 Å². The van der Waals surface area contributed by atoms with Crippen molar-refractivity contribution in [3.8, 4) is 0 Å². The summed E-state index contributed by atoms with van der Waals surface area (Å²) >= 11 is 0. The topological polar surface area (TPSA) is 34.1 Å². The highest BCUT2D eigenvalue weighted by atomic mass is 32.3. The standard InChI is InChI=1S/C10H12O2S2/c1-10(9-5-3-2-4-6-9)13(11)7-8-14(10)12/h2-6H,7-8H2,1H3/t10?,13-,14+. The zero-order chi connectivity index (χ0) is 10.2. The quantitative estimate of drug-likeness (QED) is 0.727. The van der Waals surface area contributed by atoms with Gasteiger partial charge in [-0.1, -0.05) is 30.3 Å². The Morgan fingerprint density at radius 3 is 2.07 bits per heavy atom. The predicted octanol–water partition coefficient (Wildman–Crippen LogP) is 1.37. The highest BCUT2D eigenvalue weighted by molar-refractivity contribution is 8.06. The fourth-order valence-electron chi connectivity index (χ4n) is 1.65. The maximum absolute atomic E-state index is 11.8. The molecule has 0 N–H and O–H groups in total. The SMILES string of the molecule is CC1(c2ccccc2)[S@](=O)CC[S@@]1=O. The lowest BCUT2D eigenvalue weighted by Crippen LogP contribution is -2.27. The molecule has 1 unspecified atom stereocenters. The van der Waals surface area contributed by atoms with E-state index in [2.05, 4.69) is 0 Å². The summed E-state index contributed by atoms with van der Waals surface area (Å²) in [5.41, 5.74) is 0.925. The van der Waals surface area contributed by atoms with Crippen molar-refractivity contribution in [1.82, 2.24) is 0 Å². The van der Waals surface area contributed by atoms with Crippen LogP contribution in [0.2, 0.25) is 0 Å². The van der Waals surface area contributed by atoms with Crippen LogP contribution in [0.15, 0.2) is 30.3 Å². The molecule has 0 aromatic heterocycles. The molecule has 1 saturated heterocycles. The minimum absolute atomic E-state index is 0.554. The Bertz CT molecular complexity index is 370. The van der Waals surface area contributed by atoms with Crippen LogP contribution in [0.1, 0.15) is 12.5 Å². The number of hydrogen-bond donors (Lipinski definition) is 0. The van der Waals surface area contributed by atoms with E-state index >= 15 is 0 Å². The summed E-state index contributed by atoms with van der Waals surface area (Å²) in [7, 11) is -2.01. The Hall–Kier alpha value is -0.480. The monoisotopic (exact) mass is 228 g/mol. The zero-order valence-corrected chi connectivity index (χ0v) is 9.57. The maximum atomic E-state index is 11.8. The smallest absolute Gasteiger partial charge is 0.143 e. The van der Waals surface area contributed by atoms with E-state index in [-0.39, 0.29) is 0 Å². The van der Waals surface area contributed by atoms with E-state index in [1.807, 2.05) is 37.3 Å². The van der Waals surface area contributed by atoms with Crippen molar-refractivity contribution in [3.63, 3.8) is 0 Å². The molecule has 0 amide bonds. The van der Waals surface area contributed by atoms with Crippen molar-refractivity contribution >= 4 is 21.6 Å². The largest absolute Gasteiger partial charge is 0.258 e. The molecule has 0 radical (unpaired) electrons. The van der Waals surface area contributed by atoms with Crippen molar-refractivity contribution in [2.24, 2.45) is 0 Å². The first kappa shape index (κ1) is 10.1. The molecule has 76 valence electrons. The van der Waals surface area contributed by atoms with E-state index in [1.54, 1.807) is 0 Å². The van der Waals surface area contributed by atoms with Gasteiger partial charge in [-0.3, -0.25) is 8.42 Å². The van der Waals surface area contributed by atoms with E-state index in [9.17, 15) is 8.42 Å². The van der Waals surface area contributed by atoms with Gasteiger partial charge in [-0.25, -0.2) is 0 Å². The Morgan fingerprint density at radius 2 is 1.57 bits per heavy atom. The second-order valence-corrected chi connectivity index (χ2v) is 7.50. The fourth-order valence-corrected chi connectivity index (χ4v) is 5.77.